The summed E-state index contributed by atoms with van der Waals surface area (Å²) >= 11 is 0. The van der Waals surface area contributed by atoms with Gasteiger partial charge in [-0.05, 0) is 43.9 Å². The highest BCUT2D eigenvalue weighted by atomic mass is 16.5. The maximum Gasteiger partial charge on any atom is 0.128 e. The molecule has 0 saturated carbocycles. The molecular formula is C17H27NO2. The number of unbranched alkanes of at least 4 members (excludes halogenated alkanes) is 1. The summed E-state index contributed by atoms with van der Waals surface area (Å²) in [5, 5.41) is 12.2. The molecule has 112 valence electrons. The van der Waals surface area contributed by atoms with Crippen molar-refractivity contribution in [2.24, 2.45) is 11.1 Å². The summed E-state index contributed by atoms with van der Waals surface area (Å²) in [4.78, 5) is 0. The molecule has 0 radical (unpaired) electrons. The van der Waals surface area contributed by atoms with Crippen LogP contribution in [0.5, 0.6) is 5.75 Å². The Morgan fingerprint density at radius 2 is 2.10 bits per heavy atom. The van der Waals surface area contributed by atoms with Crippen molar-refractivity contribution in [3.05, 3.63) is 29.3 Å². The van der Waals surface area contributed by atoms with Crippen molar-refractivity contribution in [3.63, 3.8) is 0 Å². The van der Waals surface area contributed by atoms with E-state index in [1.165, 1.54) is 19.3 Å². The zero-order chi connectivity index (χ0) is 15.0. The van der Waals surface area contributed by atoms with Gasteiger partial charge < -0.3 is 9.94 Å². The minimum Gasteiger partial charge on any atom is -0.493 e. The van der Waals surface area contributed by atoms with E-state index in [-0.39, 0.29) is 0 Å². The normalized spacial score (nSPS) is 13.3. The van der Waals surface area contributed by atoms with Crippen molar-refractivity contribution in [3.8, 4) is 5.75 Å². The van der Waals surface area contributed by atoms with E-state index >= 15 is 0 Å². The monoisotopic (exact) mass is 277 g/mol. The minimum atomic E-state index is 0.585. The number of hydrogen-bond donors (Lipinski definition) is 1. The fourth-order valence-corrected chi connectivity index (χ4v) is 2.21. The van der Waals surface area contributed by atoms with Gasteiger partial charge in [0.1, 0.15) is 5.75 Å². The fourth-order valence-electron chi connectivity index (χ4n) is 2.21. The van der Waals surface area contributed by atoms with Crippen LogP contribution in [-0.4, -0.2) is 17.5 Å². The van der Waals surface area contributed by atoms with E-state index in [0.29, 0.717) is 11.6 Å². The third-order valence-electron chi connectivity index (χ3n) is 3.69. The number of ether oxygens (including phenoxy) is 1. The molecule has 0 saturated heterocycles. The Kier molecular flexibility index (Phi) is 7.13. The predicted molar refractivity (Wildman–Crippen MR) is 84.0 cm³/mol. The van der Waals surface area contributed by atoms with Gasteiger partial charge in [0.2, 0.25) is 0 Å². The lowest BCUT2D eigenvalue weighted by molar-refractivity contribution is 0.232. The Balaban J connectivity index is 2.77. The number of nitrogens with zero attached hydrogens (tertiary/aromatic N) is 1. The van der Waals surface area contributed by atoms with Crippen molar-refractivity contribution < 1.29 is 9.94 Å². The van der Waals surface area contributed by atoms with E-state index in [0.717, 1.165) is 29.9 Å². The van der Waals surface area contributed by atoms with Crippen LogP contribution in [-0.2, 0) is 0 Å². The first kappa shape index (κ1) is 16.5. The third kappa shape index (κ3) is 4.87. The van der Waals surface area contributed by atoms with E-state index in [1.807, 2.05) is 25.1 Å². The van der Waals surface area contributed by atoms with E-state index in [9.17, 15) is 0 Å². The maximum absolute atomic E-state index is 8.95. The number of oxime groups is 1. The number of rotatable bonds is 8. The average Bonchev–Trinajstić information content (AvgIpc) is 2.47. The van der Waals surface area contributed by atoms with Crippen LogP contribution in [0.2, 0.25) is 0 Å². The highest BCUT2D eigenvalue weighted by molar-refractivity contribution is 6.00. The quantitative estimate of drug-likeness (QED) is 0.422. The molecule has 1 unspecified atom stereocenters. The van der Waals surface area contributed by atoms with Crippen molar-refractivity contribution in [2.75, 3.05) is 6.61 Å². The van der Waals surface area contributed by atoms with Gasteiger partial charge >= 0.3 is 0 Å². The van der Waals surface area contributed by atoms with Crippen molar-refractivity contribution >= 4 is 5.71 Å². The van der Waals surface area contributed by atoms with E-state index in [2.05, 4.69) is 19.0 Å². The van der Waals surface area contributed by atoms with Crippen LogP contribution < -0.4 is 4.74 Å². The lowest BCUT2D eigenvalue weighted by Crippen LogP contribution is -2.13. The number of hydrogen-bond acceptors (Lipinski definition) is 3. The number of aryl methyl sites for hydroxylation is 1. The van der Waals surface area contributed by atoms with Crippen molar-refractivity contribution in [1.82, 2.24) is 0 Å². The molecule has 0 aliphatic heterocycles. The Hall–Kier alpha value is -1.51. The Bertz CT molecular complexity index is 441. The van der Waals surface area contributed by atoms with Crippen LogP contribution in [0, 0.1) is 12.8 Å². The van der Waals surface area contributed by atoms with Crippen molar-refractivity contribution in [1.29, 1.82) is 0 Å². The smallest absolute Gasteiger partial charge is 0.128 e. The molecule has 0 amide bonds. The molecule has 0 bridgehead atoms. The lowest BCUT2D eigenvalue weighted by atomic mass is 10.0. The van der Waals surface area contributed by atoms with Crippen LogP contribution in [0.1, 0.15) is 57.6 Å². The zero-order valence-electron chi connectivity index (χ0n) is 13.1. The molecule has 3 heteroatoms. The summed E-state index contributed by atoms with van der Waals surface area (Å²) in [5.41, 5.74) is 2.60. The molecule has 1 rings (SSSR count). The van der Waals surface area contributed by atoms with Gasteiger partial charge in [-0.3, -0.25) is 0 Å². The van der Waals surface area contributed by atoms with Crippen LogP contribution in [0.25, 0.3) is 0 Å². The molecule has 20 heavy (non-hydrogen) atoms. The van der Waals surface area contributed by atoms with Gasteiger partial charge in [0.25, 0.3) is 0 Å². The van der Waals surface area contributed by atoms with Gasteiger partial charge in [0.15, 0.2) is 0 Å². The maximum atomic E-state index is 8.95. The summed E-state index contributed by atoms with van der Waals surface area (Å²) < 4.78 is 6.00. The van der Waals surface area contributed by atoms with Crippen LogP contribution in [0.15, 0.2) is 23.4 Å². The molecule has 0 fully saturated rings. The topological polar surface area (TPSA) is 41.8 Å². The van der Waals surface area contributed by atoms with Gasteiger partial charge in [-0.15, -0.1) is 0 Å². The minimum absolute atomic E-state index is 0.585. The first-order chi connectivity index (χ1) is 9.62. The molecule has 3 nitrogen and oxygen atoms in total. The predicted octanol–water partition coefficient (Wildman–Crippen LogP) is 4.79. The highest BCUT2D eigenvalue weighted by Gasteiger charge is 2.11. The van der Waals surface area contributed by atoms with E-state index < -0.39 is 0 Å². The highest BCUT2D eigenvalue weighted by Crippen LogP contribution is 2.23. The van der Waals surface area contributed by atoms with Gasteiger partial charge in [0, 0.05) is 5.56 Å². The van der Waals surface area contributed by atoms with Crippen LogP contribution in [0.4, 0.5) is 0 Å². The molecular weight excluding hydrogens is 250 g/mol. The Morgan fingerprint density at radius 3 is 2.70 bits per heavy atom. The molecule has 0 heterocycles. The Labute approximate surface area is 122 Å². The van der Waals surface area contributed by atoms with Gasteiger partial charge in [-0.1, -0.05) is 44.3 Å². The average molecular weight is 277 g/mol. The van der Waals surface area contributed by atoms with Crippen LogP contribution >= 0.6 is 0 Å². The largest absolute Gasteiger partial charge is 0.493 e. The molecule has 1 aromatic rings. The van der Waals surface area contributed by atoms with E-state index in [1.54, 1.807) is 6.92 Å². The summed E-state index contributed by atoms with van der Waals surface area (Å²) in [5.74, 6) is 1.41. The third-order valence-corrected chi connectivity index (χ3v) is 3.69. The van der Waals surface area contributed by atoms with Crippen molar-refractivity contribution in [2.45, 2.75) is 53.4 Å². The van der Waals surface area contributed by atoms with E-state index in [4.69, 9.17) is 9.94 Å². The second kappa shape index (κ2) is 8.62. The molecule has 0 aliphatic rings. The van der Waals surface area contributed by atoms with Gasteiger partial charge in [0.05, 0.1) is 12.3 Å². The Morgan fingerprint density at radius 1 is 1.35 bits per heavy atom. The second-order valence-electron chi connectivity index (χ2n) is 5.41. The second-order valence-corrected chi connectivity index (χ2v) is 5.41. The first-order valence-electron chi connectivity index (χ1n) is 7.54. The number of benzene rings is 1. The van der Waals surface area contributed by atoms with Crippen LogP contribution in [0.3, 0.4) is 0 Å². The standard InChI is InChI=1S/C17H27NO2/c1-5-7-8-15(6-2)12-20-17-11-13(3)9-10-16(17)14(4)18-19/h9-11,15,19H,5-8,12H2,1-4H3. The zero-order valence-corrected chi connectivity index (χ0v) is 13.1. The van der Waals surface area contributed by atoms with Gasteiger partial charge in [-0.2, -0.15) is 0 Å². The molecule has 1 atom stereocenters. The molecule has 0 aromatic heterocycles. The first-order valence-corrected chi connectivity index (χ1v) is 7.54. The van der Waals surface area contributed by atoms with Gasteiger partial charge in [-0.25, -0.2) is 0 Å². The summed E-state index contributed by atoms with van der Waals surface area (Å²) in [6, 6.07) is 5.97. The summed E-state index contributed by atoms with van der Waals surface area (Å²) in [6.07, 6.45) is 4.82. The molecule has 0 aliphatic carbocycles. The molecule has 1 aromatic carbocycles. The SMILES string of the molecule is CCCCC(CC)COc1cc(C)ccc1C(C)=NO. The summed E-state index contributed by atoms with van der Waals surface area (Å²) in [6.45, 7) is 8.97. The molecule has 1 N–H and O–H groups in total. The summed E-state index contributed by atoms with van der Waals surface area (Å²) in [7, 11) is 0. The molecule has 0 spiro atoms. The fraction of sp³-hybridized carbons (Fsp3) is 0.588. The lowest BCUT2D eigenvalue weighted by Gasteiger charge is -2.17.